The van der Waals surface area contributed by atoms with Crippen LogP contribution >= 0.6 is 11.3 Å². The van der Waals surface area contributed by atoms with Gasteiger partial charge in [0, 0.05) is 29.4 Å². The Morgan fingerprint density at radius 3 is 2.62 bits per heavy atom. The Hall–Kier alpha value is -0.380. The fourth-order valence-corrected chi connectivity index (χ4v) is 2.63. The molecule has 1 rings (SSSR count). The van der Waals surface area contributed by atoms with E-state index < -0.39 is 0 Å². The highest BCUT2D eigenvalue weighted by Crippen LogP contribution is 2.14. The van der Waals surface area contributed by atoms with Gasteiger partial charge in [0.1, 0.15) is 0 Å². The molecule has 0 bridgehead atoms. The molecule has 0 aliphatic heterocycles. The number of thiophene rings is 1. The maximum Gasteiger partial charge on any atom is 0.0300 e. The Morgan fingerprint density at radius 2 is 2.06 bits per heavy atom. The lowest BCUT2D eigenvalue weighted by Gasteiger charge is -2.19. The molecule has 0 aromatic carbocycles. The van der Waals surface area contributed by atoms with Gasteiger partial charge in [0.15, 0.2) is 0 Å². The first kappa shape index (κ1) is 13.7. The van der Waals surface area contributed by atoms with E-state index in [1.165, 1.54) is 22.7 Å². The van der Waals surface area contributed by atoms with Crippen molar-refractivity contribution in [3.8, 4) is 0 Å². The molecule has 0 spiro atoms. The van der Waals surface area contributed by atoms with Crippen LogP contribution in [-0.2, 0) is 6.54 Å². The molecule has 0 fully saturated rings. The van der Waals surface area contributed by atoms with Crippen molar-refractivity contribution in [2.24, 2.45) is 0 Å². The van der Waals surface area contributed by atoms with Gasteiger partial charge in [-0.05, 0) is 38.6 Å². The van der Waals surface area contributed by atoms with E-state index in [1.807, 2.05) is 11.3 Å². The van der Waals surface area contributed by atoms with Gasteiger partial charge in [-0.25, -0.2) is 0 Å². The first-order valence-corrected chi connectivity index (χ1v) is 7.06. The van der Waals surface area contributed by atoms with Crippen LogP contribution in [0.4, 0.5) is 0 Å². The summed E-state index contributed by atoms with van der Waals surface area (Å²) < 4.78 is 0. The van der Waals surface area contributed by atoms with Gasteiger partial charge in [-0.3, -0.25) is 0 Å². The number of nitrogens with one attached hydrogen (secondary N) is 1. The molecule has 2 nitrogen and oxygen atoms in total. The van der Waals surface area contributed by atoms with Crippen molar-refractivity contribution >= 4 is 11.3 Å². The predicted molar refractivity (Wildman–Crippen MR) is 73.2 cm³/mol. The molecule has 16 heavy (non-hydrogen) atoms. The fourth-order valence-electron chi connectivity index (χ4n) is 1.77. The van der Waals surface area contributed by atoms with Gasteiger partial charge in [0.25, 0.3) is 0 Å². The molecule has 0 saturated heterocycles. The van der Waals surface area contributed by atoms with Crippen molar-refractivity contribution in [3.05, 3.63) is 21.9 Å². The number of hydrogen-bond donors (Lipinski definition) is 1. The van der Waals surface area contributed by atoms with Gasteiger partial charge in [0.2, 0.25) is 0 Å². The first-order chi connectivity index (χ1) is 7.76. The molecule has 1 heterocycles. The van der Waals surface area contributed by atoms with Crippen molar-refractivity contribution in [2.45, 2.75) is 33.7 Å². The number of aryl methyl sites for hydroxylation is 1. The van der Waals surface area contributed by atoms with Crippen LogP contribution in [-0.4, -0.2) is 31.1 Å². The second kappa shape index (κ2) is 7.82. The molecule has 0 saturated carbocycles. The van der Waals surface area contributed by atoms with E-state index in [4.69, 9.17) is 0 Å². The highest BCUT2D eigenvalue weighted by molar-refractivity contribution is 7.11. The smallest absolute Gasteiger partial charge is 0.0300 e. The standard InChI is InChI=1S/C13H24N2S/c1-4-9-15(5-2)10-8-14-11-13-7-6-12(3)16-13/h6-7,14H,4-5,8-11H2,1-3H3. The van der Waals surface area contributed by atoms with E-state index in [9.17, 15) is 0 Å². The van der Waals surface area contributed by atoms with Crippen LogP contribution in [0.15, 0.2) is 12.1 Å². The van der Waals surface area contributed by atoms with E-state index in [0.29, 0.717) is 0 Å². The normalized spacial score (nSPS) is 11.2. The molecule has 92 valence electrons. The Labute approximate surface area is 104 Å². The van der Waals surface area contributed by atoms with Crippen LogP contribution in [0.1, 0.15) is 30.0 Å². The molecule has 0 aliphatic rings. The lowest BCUT2D eigenvalue weighted by Crippen LogP contribution is -2.32. The average molecular weight is 240 g/mol. The van der Waals surface area contributed by atoms with Gasteiger partial charge in [-0.2, -0.15) is 0 Å². The third kappa shape index (κ3) is 5.10. The zero-order chi connectivity index (χ0) is 11.8. The van der Waals surface area contributed by atoms with E-state index >= 15 is 0 Å². The molecular weight excluding hydrogens is 216 g/mol. The highest BCUT2D eigenvalue weighted by Gasteiger charge is 2.00. The quantitative estimate of drug-likeness (QED) is 0.703. The molecule has 0 amide bonds. The highest BCUT2D eigenvalue weighted by atomic mass is 32.1. The molecule has 0 atom stereocenters. The maximum atomic E-state index is 3.51. The van der Waals surface area contributed by atoms with Gasteiger partial charge >= 0.3 is 0 Å². The second-order valence-electron chi connectivity index (χ2n) is 4.12. The molecule has 0 radical (unpaired) electrons. The summed E-state index contributed by atoms with van der Waals surface area (Å²) in [6.45, 7) is 12.3. The Bertz CT molecular complexity index is 283. The third-order valence-corrected chi connectivity index (χ3v) is 3.69. The Morgan fingerprint density at radius 1 is 1.25 bits per heavy atom. The predicted octanol–water partition coefficient (Wildman–Crippen LogP) is 2.88. The SMILES string of the molecule is CCCN(CC)CCNCc1ccc(C)s1. The van der Waals surface area contributed by atoms with E-state index in [0.717, 1.165) is 26.2 Å². The van der Waals surface area contributed by atoms with Crippen molar-refractivity contribution in [1.82, 2.24) is 10.2 Å². The number of rotatable bonds is 8. The van der Waals surface area contributed by atoms with Crippen LogP contribution in [0.5, 0.6) is 0 Å². The summed E-state index contributed by atoms with van der Waals surface area (Å²) in [4.78, 5) is 5.33. The summed E-state index contributed by atoms with van der Waals surface area (Å²) in [7, 11) is 0. The first-order valence-electron chi connectivity index (χ1n) is 6.24. The summed E-state index contributed by atoms with van der Waals surface area (Å²) in [5.41, 5.74) is 0. The Balaban J connectivity index is 2.11. The van der Waals surface area contributed by atoms with Gasteiger partial charge < -0.3 is 10.2 Å². The average Bonchev–Trinajstić information content (AvgIpc) is 2.69. The second-order valence-corrected chi connectivity index (χ2v) is 5.50. The van der Waals surface area contributed by atoms with Crippen molar-refractivity contribution in [3.63, 3.8) is 0 Å². The lowest BCUT2D eigenvalue weighted by molar-refractivity contribution is 0.287. The zero-order valence-corrected chi connectivity index (χ0v) is 11.6. The zero-order valence-electron chi connectivity index (χ0n) is 10.8. The molecule has 0 unspecified atom stereocenters. The molecule has 1 aromatic heterocycles. The maximum absolute atomic E-state index is 3.51. The summed E-state index contributed by atoms with van der Waals surface area (Å²) in [5.74, 6) is 0. The van der Waals surface area contributed by atoms with Crippen LogP contribution < -0.4 is 5.32 Å². The Kier molecular flexibility index (Phi) is 6.69. The van der Waals surface area contributed by atoms with E-state index in [-0.39, 0.29) is 0 Å². The minimum Gasteiger partial charge on any atom is -0.311 e. The summed E-state index contributed by atoms with van der Waals surface area (Å²) in [6, 6.07) is 4.41. The van der Waals surface area contributed by atoms with Crippen molar-refractivity contribution < 1.29 is 0 Å². The van der Waals surface area contributed by atoms with Crippen LogP contribution in [0.2, 0.25) is 0 Å². The number of nitrogens with zero attached hydrogens (tertiary/aromatic N) is 1. The number of hydrogen-bond acceptors (Lipinski definition) is 3. The van der Waals surface area contributed by atoms with Gasteiger partial charge in [-0.15, -0.1) is 11.3 Å². The minimum atomic E-state index is 1.02. The van der Waals surface area contributed by atoms with E-state index in [2.05, 4.69) is 43.1 Å². The number of likely N-dealkylation sites (N-methyl/N-ethyl adjacent to an activating group) is 1. The minimum absolute atomic E-state index is 1.02. The molecule has 1 aromatic rings. The summed E-state index contributed by atoms with van der Waals surface area (Å²) in [6.07, 6.45) is 1.25. The third-order valence-electron chi connectivity index (χ3n) is 2.69. The van der Waals surface area contributed by atoms with Crippen molar-refractivity contribution in [2.75, 3.05) is 26.2 Å². The van der Waals surface area contributed by atoms with Crippen LogP contribution in [0.3, 0.4) is 0 Å². The topological polar surface area (TPSA) is 15.3 Å². The van der Waals surface area contributed by atoms with E-state index in [1.54, 1.807) is 0 Å². The van der Waals surface area contributed by atoms with Crippen LogP contribution in [0.25, 0.3) is 0 Å². The molecule has 1 N–H and O–H groups in total. The molecule has 3 heteroatoms. The van der Waals surface area contributed by atoms with Gasteiger partial charge in [-0.1, -0.05) is 13.8 Å². The molecular formula is C13H24N2S. The lowest BCUT2D eigenvalue weighted by atomic mass is 10.4. The van der Waals surface area contributed by atoms with Gasteiger partial charge in [0.05, 0.1) is 0 Å². The summed E-state index contributed by atoms with van der Waals surface area (Å²) in [5, 5.41) is 3.51. The summed E-state index contributed by atoms with van der Waals surface area (Å²) >= 11 is 1.89. The van der Waals surface area contributed by atoms with Crippen LogP contribution in [0, 0.1) is 6.92 Å². The largest absolute Gasteiger partial charge is 0.311 e. The van der Waals surface area contributed by atoms with Crippen molar-refractivity contribution in [1.29, 1.82) is 0 Å². The molecule has 0 aliphatic carbocycles. The fraction of sp³-hybridized carbons (Fsp3) is 0.692. The monoisotopic (exact) mass is 240 g/mol.